The largest absolute Gasteiger partial charge is 0.284 e. The number of halogens is 2. The number of benzene rings is 1. The number of fused-ring (bicyclic) bond motifs is 1. The van der Waals surface area contributed by atoms with E-state index in [1.807, 2.05) is 10.6 Å². The first-order chi connectivity index (χ1) is 9.58. The zero-order chi connectivity index (χ0) is 14.7. The van der Waals surface area contributed by atoms with E-state index in [0.717, 1.165) is 48.0 Å². The molecule has 2 rings (SSSR count). The normalized spacial score (nSPS) is 12.3. The minimum absolute atomic E-state index is 0.0897. The molecule has 0 saturated heterocycles. The third-order valence-electron chi connectivity index (χ3n) is 2.83. The molecule has 6 heteroatoms. The molecule has 0 aliphatic carbocycles. The number of aromatic nitrogens is 1. The second-order valence-corrected chi connectivity index (χ2v) is 7.87. The highest BCUT2D eigenvalue weighted by Crippen LogP contribution is 2.23. The van der Waals surface area contributed by atoms with Crippen LogP contribution in [0.2, 0.25) is 0 Å². The summed E-state index contributed by atoms with van der Waals surface area (Å²) in [5.41, 5.74) is 0.0897. The van der Waals surface area contributed by atoms with E-state index >= 15 is 0 Å². The second kappa shape index (κ2) is 7.35. The van der Waals surface area contributed by atoms with Crippen LogP contribution >= 0.6 is 56.5 Å². The average molecular weight is 514 g/mol. The summed E-state index contributed by atoms with van der Waals surface area (Å²) in [5, 5.41) is 0.815. The lowest BCUT2D eigenvalue weighted by atomic mass is 10.3. The highest BCUT2D eigenvalue weighted by molar-refractivity contribution is 14.1. The van der Waals surface area contributed by atoms with Crippen LogP contribution in [0.1, 0.15) is 26.7 Å². The monoisotopic (exact) mass is 514 g/mol. The van der Waals surface area contributed by atoms with Gasteiger partial charge in [0.2, 0.25) is 0 Å². The molecule has 3 nitrogen and oxygen atoms in total. The lowest BCUT2D eigenvalue weighted by molar-refractivity contribution is 0.633. The van der Waals surface area contributed by atoms with Crippen LogP contribution in [-0.2, 0) is 6.54 Å². The first-order valence-corrected chi connectivity index (χ1v) is 9.59. The van der Waals surface area contributed by atoms with Crippen LogP contribution in [0, 0.1) is 7.14 Å². The zero-order valence-electron chi connectivity index (χ0n) is 11.4. The van der Waals surface area contributed by atoms with Crippen LogP contribution in [0.5, 0.6) is 0 Å². The van der Waals surface area contributed by atoms with E-state index in [9.17, 15) is 4.79 Å². The Kier molecular flexibility index (Phi) is 6.03. The molecule has 0 saturated carbocycles. The van der Waals surface area contributed by atoms with Gasteiger partial charge in [0.1, 0.15) is 0 Å². The first kappa shape index (κ1) is 16.4. The summed E-state index contributed by atoms with van der Waals surface area (Å²) in [4.78, 5) is 18.2. The molecule has 0 aliphatic rings. The van der Waals surface area contributed by atoms with Gasteiger partial charge in [-0.15, -0.1) is 0 Å². The Morgan fingerprint density at radius 2 is 2.00 bits per heavy atom. The number of rotatable bonds is 4. The van der Waals surface area contributed by atoms with Crippen molar-refractivity contribution in [2.45, 2.75) is 33.2 Å². The Morgan fingerprint density at radius 1 is 1.25 bits per heavy atom. The summed E-state index contributed by atoms with van der Waals surface area (Å²) in [6, 6.07) is 4.08. The van der Waals surface area contributed by atoms with Crippen LogP contribution in [0.4, 0.5) is 0 Å². The van der Waals surface area contributed by atoms with E-state index < -0.39 is 0 Å². The summed E-state index contributed by atoms with van der Waals surface area (Å²) < 4.78 is 5.11. The molecule has 0 unspecified atom stereocenters. The van der Waals surface area contributed by atoms with E-state index in [1.165, 1.54) is 0 Å². The molecular weight excluding hydrogens is 498 g/mol. The Balaban J connectivity index is 2.86. The van der Waals surface area contributed by atoms with Gasteiger partial charge in [-0.3, -0.25) is 14.4 Å². The summed E-state index contributed by atoms with van der Waals surface area (Å²) in [6.45, 7) is 5.69. The third-order valence-corrected chi connectivity index (χ3v) is 5.84. The van der Waals surface area contributed by atoms with Gasteiger partial charge < -0.3 is 0 Å². The first-order valence-electron chi connectivity index (χ1n) is 6.61. The van der Waals surface area contributed by atoms with Crippen molar-refractivity contribution in [2.75, 3.05) is 6.54 Å². The maximum Gasteiger partial charge on any atom is 0.261 e. The fourth-order valence-electron chi connectivity index (χ4n) is 1.95. The lowest BCUT2D eigenvalue weighted by Crippen LogP contribution is -2.32. The Morgan fingerprint density at radius 3 is 2.65 bits per heavy atom. The lowest BCUT2D eigenvalue weighted by Gasteiger charge is -2.08. The van der Waals surface area contributed by atoms with Gasteiger partial charge in [0.25, 0.3) is 5.56 Å². The van der Waals surface area contributed by atoms with E-state index in [-0.39, 0.29) is 5.56 Å². The highest BCUT2D eigenvalue weighted by Gasteiger charge is 2.10. The van der Waals surface area contributed by atoms with Gasteiger partial charge in [0, 0.05) is 20.2 Å². The second-order valence-electron chi connectivity index (χ2n) is 4.49. The molecule has 0 N–H and O–H groups in total. The molecule has 0 atom stereocenters. The maximum atomic E-state index is 12.7. The van der Waals surface area contributed by atoms with Gasteiger partial charge in [-0.25, -0.2) is 0 Å². The minimum atomic E-state index is 0.0897. The zero-order valence-corrected chi connectivity index (χ0v) is 16.6. The van der Waals surface area contributed by atoms with Crippen LogP contribution < -0.4 is 10.4 Å². The molecule has 0 fully saturated rings. The van der Waals surface area contributed by atoms with Crippen molar-refractivity contribution in [3.63, 3.8) is 0 Å². The van der Waals surface area contributed by atoms with Crippen molar-refractivity contribution >= 4 is 66.6 Å². The average Bonchev–Trinajstić information content (AvgIpc) is 2.41. The van der Waals surface area contributed by atoms with Gasteiger partial charge >= 0.3 is 0 Å². The van der Waals surface area contributed by atoms with E-state index in [0.29, 0.717) is 0 Å². The molecule has 20 heavy (non-hydrogen) atoms. The van der Waals surface area contributed by atoms with Crippen LogP contribution in [0.15, 0.2) is 21.9 Å². The highest BCUT2D eigenvalue weighted by atomic mass is 127. The molecule has 1 aromatic heterocycles. The number of nitrogens with zero attached hydrogens (tertiary/aromatic N) is 2. The predicted octanol–water partition coefficient (Wildman–Crippen LogP) is 3.99. The van der Waals surface area contributed by atoms with E-state index in [2.05, 4.69) is 70.1 Å². The van der Waals surface area contributed by atoms with Crippen molar-refractivity contribution in [1.29, 1.82) is 0 Å². The molecular formula is C14H16I2N2OS. The summed E-state index contributed by atoms with van der Waals surface area (Å²) in [5.74, 6) is 0. The smallest absolute Gasteiger partial charge is 0.261 e. The van der Waals surface area contributed by atoms with Crippen molar-refractivity contribution < 1.29 is 0 Å². The Hall–Kier alpha value is 0.0400. The molecule has 1 heterocycles. The standard InChI is InChI=1S/C14H16I2N2OS/c1-3-5-17-14-18(6-4-2)13(19)10-7-9(15)8-11(16)12(10)20-14/h7-8H,3-6H2,1-2H3. The summed E-state index contributed by atoms with van der Waals surface area (Å²) >= 11 is 6.19. The minimum Gasteiger partial charge on any atom is -0.284 e. The van der Waals surface area contributed by atoms with Crippen molar-refractivity contribution in [2.24, 2.45) is 4.99 Å². The van der Waals surface area contributed by atoms with Gasteiger partial charge in [-0.1, -0.05) is 25.2 Å². The SMILES string of the molecule is CCCN=c1sc2c(I)cc(I)cc2c(=O)n1CCC. The molecule has 0 aliphatic heterocycles. The molecule has 0 radical (unpaired) electrons. The maximum absolute atomic E-state index is 12.7. The predicted molar refractivity (Wildman–Crippen MR) is 103 cm³/mol. The van der Waals surface area contributed by atoms with Crippen LogP contribution in [0.25, 0.3) is 10.1 Å². The quantitative estimate of drug-likeness (QED) is 0.569. The Bertz CT molecular complexity index is 749. The van der Waals surface area contributed by atoms with Crippen molar-refractivity contribution in [3.05, 3.63) is 34.4 Å². The van der Waals surface area contributed by atoms with Gasteiger partial charge in [-0.2, -0.15) is 0 Å². The molecule has 0 amide bonds. The molecule has 2 aromatic rings. The van der Waals surface area contributed by atoms with Crippen LogP contribution in [-0.4, -0.2) is 11.1 Å². The molecule has 0 spiro atoms. The molecule has 0 bridgehead atoms. The topological polar surface area (TPSA) is 34.4 Å². The van der Waals surface area contributed by atoms with Gasteiger partial charge in [-0.05, 0) is 70.2 Å². The molecule has 1 aromatic carbocycles. The summed E-state index contributed by atoms with van der Waals surface area (Å²) in [6.07, 6.45) is 1.93. The van der Waals surface area contributed by atoms with Gasteiger partial charge in [0.15, 0.2) is 4.80 Å². The van der Waals surface area contributed by atoms with E-state index in [4.69, 9.17) is 0 Å². The fourth-order valence-corrected chi connectivity index (χ4v) is 5.16. The van der Waals surface area contributed by atoms with Crippen LogP contribution in [0.3, 0.4) is 0 Å². The third kappa shape index (κ3) is 3.44. The van der Waals surface area contributed by atoms with Crippen molar-refractivity contribution in [3.8, 4) is 0 Å². The Labute approximate surface area is 149 Å². The van der Waals surface area contributed by atoms with Gasteiger partial charge in [0.05, 0.1) is 10.1 Å². The molecule has 108 valence electrons. The number of hydrogen-bond acceptors (Lipinski definition) is 3. The summed E-state index contributed by atoms with van der Waals surface area (Å²) in [7, 11) is 0. The van der Waals surface area contributed by atoms with E-state index in [1.54, 1.807) is 11.3 Å². The van der Waals surface area contributed by atoms with Crippen molar-refractivity contribution in [1.82, 2.24) is 4.57 Å². The number of hydrogen-bond donors (Lipinski definition) is 0. The fraction of sp³-hybridized carbons (Fsp3) is 0.429.